The molecule has 0 aliphatic rings. The van der Waals surface area contributed by atoms with Crippen LogP contribution in [0.1, 0.15) is 22.8 Å². The Labute approximate surface area is 157 Å². The van der Waals surface area contributed by atoms with Crippen molar-refractivity contribution in [1.82, 2.24) is 9.88 Å². The van der Waals surface area contributed by atoms with E-state index in [0.717, 1.165) is 22.0 Å². The molecule has 3 aromatic rings. The number of carbonyl (C=O) groups excluding carboxylic acids is 2. The van der Waals surface area contributed by atoms with Crippen LogP contribution in [0.15, 0.2) is 48.7 Å². The second-order valence-corrected chi connectivity index (χ2v) is 6.64. The summed E-state index contributed by atoms with van der Waals surface area (Å²) in [7, 11) is 1.90. The molecule has 1 aromatic heterocycles. The van der Waals surface area contributed by atoms with Crippen molar-refractivity contribution in [3.05, 3.63) is 65.4 Å². The first-order chi connectivity index (χ1) is 12.9. The average molecular weight is 365 g/mol. The van der Waals surface area contributed by atoms with Crippen molar-refractivity contribution in [3.63, 3.8) is 0 Å². The molecule has 0 saturated heterocycles. The fourth-order valence-electron chi connectivity index (χ4n) is 3.08. The minimum Gasteiger partial charge on any atom is -0.386 e. The van der Waals surface area contributed by atoms with Gasteiger partial charge in [0.2, 0.25) is 0 Å². The number of para-hydroxylation sites is 1. The normalized spacial score (nSPS) is 12.0. The van der Waals surface area contributed by atoms with E-state index in [-0.39, 0.29) is 6.54 Å². The molecule has 27 heavy (non-hydrogen) atoms. The van der Waals surface area contributed by atoms with Gasteiger partial charge in [-0.2, -0.15) is 0 Å². The molecule has 6 nitrogen and oxygen atoms in total. The smallest absolute Gasteiger partial charge is 0.313 e. The van der Waals surface area contributed by atoms with Gasteiger partial charge in [0.25, 0.3) is 0 Å². The minimum absolute atomic E-state index is 0.0486. The third kappa shape index (κ3) is 3.85. The summed E-state index contributed by atoms with van der Waals surface area (Å²) < 4.78 is 1.92. The molecule has 140 valence electrons. The molecule has 2 aromatic carbocycles. The molecule has 2 amide bonds. The van der Waals surface area contributed by atoms with Crippen LogP contribution in [0.5, 0.6) is 0 Å². The quantitative estimate of drug-likeness (QED) is 0.622. The van der Waals surface area contributed by atoms with Crippen molar-refractivity contribution >= 4 is 28.4 Å². The predicted octanol–water partition coefficient (Wildman–Crippen LogP) is 2.58. The summed E-state index contributed by atoms with van der Waals surface area (Å²) in [5.74, 6) is -1.54. The van der Waals surface area contributed by atoms with Gasteiger partial charge in [-0.3, -0.25) is 9.59 Å². The Kier molecular flexibility index (Phi) is 5.28. The van der Waals surface area contributed by atoms with Crippen LogP contribution in [0.3, 0.4) is 0 Å². The summed E-state index contributed by atoms with van der Waals surface area (Å²) in [5, 5.41) is 16.5. The monoisotopic (exact) mass is 365 g/mol. The highest BCUT2D eigenvalue weighted by molar-refractivity contribution is 6.39. The number of benzene rings is 2. The van der Waals surface area contributed by atoms with Crippen molar-refractivity contribution in [2.75, 3.05) is 11.9 Å². The maximum atomic E-state index is 12.1. The van der Waals surface area contributed by atoms with Gasteiger partial charge in [-0.05, 0) is 37.1 Å². The molecule has 0 spiro atoms. The van der Waals surface area contributed by atoms with E-state index in [0.29, 0.717) is 11.3 Å². The van der Waals surface area contributed by atoms with Gasteiger partial charge in [0, 0.05) is 41.9 Å². The van der Waals surface area contributed by atoms with E-state index in [1.54, 1.807) is 6.07 Å². The molecule has 1 heterocycles. The van der Waals surface area contributed by atoms with Gasteiger partial charge in [0.15, 0.2) is 0 Å². The Morgan fingerprint density at radius 1 is 1.07 bits per heavy atom. The van der Waals surface area contributed by atoms with Crippen molar-refractivity contribution < 1.29 is 14.7 Å². The second-order valence-electron chi connectivity index (χ2n) is 6.64. The zero-order chi connectivity index (χ0) is 19.6. The topological polar surface area (TPSA) is 83.4 Å². The van der Waals surface area contributed by atoms with E-state index in [9.17, 15) is 14.7 Å². The molecular weight excluding hydrogens is 342 g/mol. The molecule has 0 bridgehead atoms. The Morgan fingerprint density at radius 2 is 1.81 bits per heavy atom. The Morgan fingerprint density at radius 3 is 2.59 bits per heavy atom. The highest BCUT2D eigenvalue weighted by atomic mass is 16.3. The van der Waals surface area contributed by atoms with Crippen LogP contribution < -0.4 is 10.6 Å². The third-order valence-corrected chi connectivity index (χ3v) is 4.80. The summed E-state index contributed by atoms with van der Waals surface area (Å²) in [6.07, 6.45) is 0.922. The largest absolute Gasteiger partial charge is 0.386 e. The van der Waals surface area contributed by atoms with Gasteiger partial charge in [-0.1, -0.05) is 30.3 Å². The summed E-state index contributed by atoms with van der Waals surface area (Å²) in [5.41, 5.74) is 4.24. The second kappa shape index (κ2) is 7.63. The molecule has 6 heteroatoms. The van der Waals surface area contributed by atoms with E-state index in [2.05, 4.69) is 10.6 Å². The van der Waals surface area contributed by atoms with Gasteiger partial charge in [0.05, 0.1) is 6.10 Å². The Hall–Kier alpha value is -3.12. The maximum absolute atomic E-state index is 12.1. The summed E-state index contributed by atoms with van der Waals surface area (Å²) in [6.45, 7) is 3.77. The highest BCUT2D eigenvalue weighted by Crippen LogP contribution is 2.25. The van der Waals surface area contributed by atoms with Crippen LogP contribution in [0.25, 0.3) is 10.9 Å². The van der Waals surface area contributed by atoms with E-state index in [4.69, 9.17) is 0 Å². The van der Waals surface area contributed by atoms with Crippen LogP contribution in [0, 0.1) is 13.8 Å². The number of aromatic nitrogens is 1. The molecule has 3 N–H and O–H groups in total. The molecule has 3 rings (SSSR count). The van der Waals surface area contributed by atoms with Crippen LogP contribution in [0.4, 0.5) is 5.69 Å². The van der Waals surface area contributed by atoms with Gasteiger partial charge in [0.1, 0.15) is 0 Å². The van der Waals surface area contributed by atoms with E-state index in [1.165, 1.54) is 0 Å². The number of rotatable bonds is 4. The zero-order valence-electron chi connectivity index (χ0n) is 15.6. The average Bonchev–Trinajstić information content (AvgIpc) is 3.00. The predicted molar refractivity (Wildman–Crippen MR) is 105 cm³/mol. The number of carbonyl (C=O) groups is 2. The molecule has 0 radical (unpaired) electrons. The fourth-order valence-corrected chi connectivity index (χ4v) is 3.08. The van der Waals surface area contributed by atoms with Crippen molar-refractivity contribution in [3.8, 4) is 0 Å². The highest BCUT2D eigenvalue weighted by Gasteiger charge is 2.19. The first kappa shape index (κ1) is 18.7. The lowest BCUT2D eigenvalue weighted by Crippen LogP contribution is -2.37. The van der Waals surface area contributed by atoms with E-state index >= 15 is 0 Å². The molecule has 0 unspecified atom stereocenters. The number of aryl methyl sites for hydroxylation is 2. The van der Waals surface area contributed by atoms with Crippen molar-refractivity contribution in [2.24, 2.45) is 7.05 Å². The molecule has 1 atom stereocenters. The van der Waals surface area contributed by atoms with Gasteiger partial charge >= 0.3 is 11.8 Å². The van der Waals surface area contributed by atoms with Crippen LogP contribution in [-0.2, 0) is 16.6 Å². The van der Waals surface area contributed by atoms with Gasteiger partial charge in [-0.25, -0.2) is 0 Å². The number of amides is 2. The first-order valence-electron chi connectivity index (χ1n) is 8.76. The van der Waals surface area contributed by atoms with Crippen LogP contribution >= 0.6 is 0 Å². The van der Waals surface area contributed by atoms with E-state index in [1.807, 2.05) is 68.1 Å². The number of nitrogens with zero attached hydrogens (tertiary/aromatic N) is 1. The van der Waals surface area contributed by atoms with Crippen molar-refractivity contribution in [1.29, 1.82) is 0 Å². The molecule has 0 aliphatic carbocycles. The lowest BCUT2D eigenvalue weighted by Gasteiger charge is -2.13. The van der Waals surface area contributed by atoms with E-state index < -0.39 is 17.9 Å². The van der Waals surface area contributed by atoms with Crippen LogP contribution in [-0.4, -0.2) is 28.0 Å². The molecule has 0 saturated carbocycles. The van der Waals surface area contributed by atoms with Crippen molar-refractivity contribution in [2.45, 2.75) is 20.0 Å². The first-order valence-corrected chi connectivity index (χ1v) is 8.76. The third-order valence-electron chi connectivity index (χ3n) is 4.80. The number of anilines is 1. The SMILES string of the molecule is Cc1cccc(NC(=O)C(=O)NC[C@@H](O)c2cn(C)c3ccccc23)c1C. The lowest BCUT2D eigenvalue weighted by molar-refractivity contribution is -0.136. The number of nitrogens with one attached hydrogen (secondary N) is 2. The lowest BCUT2D eigenvalue weighted by atomic mass is 10.1. The van der Waals surface area contributed by atoms with Gasteiger partial charge in [-0.15, -0.1) is 0 Å². The molecule has 0 aliphatic heterocycles. The summed E-state index contributed by atoms with van der Waals surface area (Å²) in [6, 6.07) is 13.2. The zero-order valence-corrected chi connectivity index (χ0v) is 15.6. The number of aliphatic hydroxyl groups excluding tert-OH is 1. The number of hydrogen-bond donors (Lipinski definition) is 3. The number of hydrogen-bond acceptors (Lipinski definition) is 3. The van der Waals surface area contributed by atoms with Crippen LogP contribution in [0.2, 0.25) is 0 Å². The fraction of sp³-hybridized carbons (Fsp3) is 0.238. The Bertz CT molecular complexity index is 1010. The number of aliphatic hydroxyl groups is 1. The summed E-state index contributed by atoms with van der Waals surface area (Å²) >= 11 is 0. The molecule has 0 fully saturated rings. The minimum atomic E-state index is -0.909. The maximum Gasteiger partial charge on any atom is 0.313 e. The summed E-state index contributed by atoms with van der Waals surface area (Å²) in [4.78, 5) is 24.2. The Balaban J connectivity index is 1.64. The number of fused-ring (bicyclic) bond motifs is 1. The van der Waals surface area contributed by atoms with Gasteiger partial charge < -0.3 is 20.3 Å². The standard InChI is InChI=1S/C21H23N3O3/c1-13-7-6-9-17(14(13)2)23-21(27)20(26)22-11-19(25)16-12-24(3)18-10-5-4-8-15(16)18/h4-10,12,19,25H,11H2,1-3H3,(H,22,26)(H,23,27)/t19-/m1/s1. The molecular formula is C21H23N3O3.